The van der Waals surface area contributed by atoms with Crippen molar-refractivity contribution in [1.82, 2.24) is 10.1 Å². The molecule has 0 unspecified atom stereocenters. The van der Waals surface area contributed by atoms with Crippen LogP contribution in [0.3, 0.4) is 0 Å². The van der Waals surface area contributed by atoms with Crippen LogP contribution in [0.1, 0.15) is 11.6 Å². The minimum Gasteiger partial charge on any atom is -0.401 e. The molecule has 0 saturated heterocycles. The van der Waals surface area contributed by atoms with Gasteiger partial charge in [-0.05, 0) is 18.2 Å². The molecular formula is C8H6N4O4. The van der Waals surface area contributed by atoms with Crippen LogP contribution < -0.4 is 5.73 Å². The number of nitro groups is 1. The van der Waals surface area contributed by atoms with Crippen molar-refractivity contribution >= 4 is 24.1 Å². The monoisotopic (exact) mass is 222 g/mol. The Bertz CT molecular complexity index is 542. The fourth-order valence-corrected chi connectivity index (χ4v) is 1.00. The van der Waals surface area contributed by atoms with Gasteiger partial charge in [0.25, 0.3) is 0 Å². The first-order valence-corrected chi connectivity index (χ1v) is 4.16. The molecule has 0 aliphatic rings. The number of hydrogen-bond donors (Lipinski definition) is 1. The predicted molar refractivity (Wildman–Crippen MR) is 53.0 cm³/mol. The van der Waals surface area contributed by atoms with Crippen molar-refractivity contribution in [2.45, 2.75) is 0 Å². The summed E-state index contributed by atoms with van der Waals surface area (Å²) in [4.78, 5) is 13.4. The van der Waals surface area contributed by atoms with E-state index in [0.717, 1.165) is 0 Å². The first-order valence-electron chi connectivity index (χ1n) is 4.16. The topological polar surface area (TPSA) is 121 Å². The van der Waals surface area contributed by atoms with E-state index in [1.165, 1.54) is 24.3 Å². The number of rotatable bonds is 3. The highest BCUT2D eigenvalue weighted by Gasteiger charge is 2.09. The third kappa shape index (κ3) is 2.05. The van der Waals surface area contributed by atoms with Crippen molar-refractivity contribution in [1.29, 1.82) is 0 Å². The summed E-state index contributed by atoms with van der Waals surface area (Å²) in [6.07, 6.45) is 2.93. The first kappa shape index (κ1) is 9.90. The van der Waals surface area contributed by atoms with E-state index in [4.69, 9.17) is 10.2 Å². The molecule has 16 heavy (non-hydrogen) atoms. The fourth-order valence-electron chi connectivity index (χ4n) is 1.00. The zero-order valence-corrected chi connectivity index (χ0v) is 7.86. The van der Waals surface area contributed by atoms with E-state index in [9.17, 15) is 10.1 Å². The highest BCUT2D eigenvalue weighted by atomic mass is 16.6. The SMILES string of the molecule is Nc1nc(/C=C/c2ccc([N+](=O)[O-])o2)no1. The summed E-state index contributed by atoms with van der Waals surface area (Å²) in [7, 11) is 0. The maximum atomic E-state index is 10.3. The normalized spacial score (nSPS) is 11.0. The molecule has 0 radical (unpaired) electrons. The van der Waals surface area contributed by atoms with Crippen LogP contribution in [0, 0.1) is 10.1 Å². The van der Waals surface area contributed by atoms with Gasteiger partial charge in [-0.2, -0.15) is 4.98 Å². The van der Waals surface area contributed by atoms with Crippen molar-refractivity contribution in [3.05, 3.63) is 33.8 Å². The van der Waals surface area contributed by atoms with Gasteiger partial charge >= 0.3 is 11.9 Å². The van der Waals surface area contributed by atoms with Crippen molar-refractivity contribution in [2.75, 3.05) is 5.73 Å². The van der Waals surface area contributed by atoms with Crippen LogP contribution in [0.25, 0.3) is 12.2 Å². The van der Waals surface area contributed by atoms with Crippen LogP contribution in [-0.4, -0.2) is 15.1 Å². The number of aromatic nitrogens is 2. The molecule has 8 nitrogen and oxygen atoms in total. The minimum atomic E-state index is -0.621. The summed E-state index contributed by atoms with van der Waals surface area (Å²) in [5, 5.41) is 13.8. The highest BCUT2D eigenvalue weighted by Crippen LogP contribution is 2.17. The van der Waals surface area contributed by atoms with E-state index in [0.29, 0.717) is 5.76 Å². The van der Waals surface area contributed by atoms with Gasteiger partial charge in [-0.15, -0.1) is 0 Å². The lowest BCUT2D eigenvalue weighted by Gasteiger charge is -1.82. The Kier molecular flexibility index (Phi) is 2.38. The Morgan fingerprint density at radius 1 is 1.44 bits per heavy atom. The van der Waals surface area contributed by atoms with Gasteiger partial charge in [-0.1, -0.05) is 5.16 Å². The molecular weight excluding hydrogens is 216 g/mol. The van der Waals surface area contributed by atoms with Crippen LogP contribution in [0.4, 0.5) is 11.9 Å². The molecule has 2 heterocycles. The molecule has 2 aromatic heterocycles. The number of nitrogens with zero attached hydrogens (tertiary/aromatic N) is 3. The van der Waals surface area contributed by atoms with Crippen LogP contribution >= 0.6 is 0 Å². The Morgan fingerprint density at radius 3 is 2.81 bits per heavy atom. The van der Waals surface area contributed by atoms with Gasteiger partial charge in [0.15, 0.2) is 5.82 Å². The quantitative estimate of drug-likeness (QED) is 0.613. The van der Waals surface area contributed by atoms with Crippen LogP contribution in [-0.2, 0) is 0 Å². The Balaban J connectivity index is 2.14. The van der Waals surface area contributed by atoms with Crippen molar-refractivity contribution in [3.8, 4) is 0 Å². The Hall–Kier alpha value is -2.64. The number of furan rings is 1. The van der Waals surface area contributed by atoms with Gasteiger partial charge in [0.05, 0.1) is 6.07 Å². The van der Waals surface area contributed by atoms with Crippen LogP contribution in [0.2, 0.25) is 0 Å². The fraction of sp³-hybridized carbons (Fsp3) is 0. The van der Waals surface area contributed by atoms with Crippen LogP contribution in [0.5, 0.6) is 0 Å². The zero-order valence-electron chi connectivity index (χ0n) is 7.86. The van der Waals surface area contributed by atoms with Gasteiger partial charge in [0.2, 0.25) is 0 Å². The highest BCUT2D eigenvalue weighted by molar-refractivity contribution is 5.64. The summed E-state index contributed by atoms with van der Waals surface area (Å²) < 4.78 is 9.39. The molecule has 0 saturated carbocycles. The summed E-state index contributed by atoms with van der Waals surface area (Å²) in [6.45, 7) is 0. The van der Waals surface area contributed by atoms with Crippen molar-refractivity contribution < 1.29 is 13.9 Å². The summed E-state index contributed by atoms with van der Waals surface area (Å²) in [6, 6.07) is 2.66. The molecule has 0 spiro atoms. The van der Waals surface area contributed by atoms with Gasteiger partial charge in [0, 0.05) is 0 Å². The number of anilines is 1. The van der Waals surface area contributed by atoms with Crippen molar-refractivity contribution in [3.63, 3.8) is 0 Å². The molecule has 0 aliphatic heterocycles. The lowest BCUT2D eigenvalue weighted by atomic mass is 10.4. The summed E-state index contributed by atoms with van der Waals surface area (Å²) >= 11 is 0. The summed E-state index contributed by atoms with van der Waals surface area (Å²) in [5.41, 5.74) is 5.20. The largest absolute Gasteiger partial charge is 0.433 e. The van der Waals surface area contributed by atoms with E-state index in [1.807, 2.05) is 0 Å². The lowest BCUT2D eigenvalue weighted by Crippen LogP contribution is -1.82. The Labute approximate surface area is 88.5 Å². The molecule has 0 amide bonds. The smallest absolute Gasteiger partial charge is 0.401 e. The van der Waals surface area contributed by atoms with Crippen LogP contribution in [0.15, 0.2) is 21.1 Å². The predicted octanol–water partition coefficient (Wildman–Crippen LogP) is 1.32. The Morgan fingerprint density at radius 2 is 2.25 bits per heavy atom. The van der Waals surface area contributed by atoms with Gasteiger partial charge in [-0.25, -0.2) is 0 Å². The molecule has 82 valence electrons. The average molecular weight is 222 g/mol. The third-order valence-electron chi connectivity index (χ3n) is 1.65. The van der Waals surface area contributed by atoms with E-state index in [-0.39, 0.29) is 17.7 Å². The lowest BCUT2D eigenvalue weighted by molar-refractivity contribution is -0.402. The molecule has 0 aliphatic carbocycles. The molecule has 2 aromatic rings. The maximum Gasteiger partial charge on any atom is 0.433 e. The van der Waals surface area contributed by atoms with E-state index < -0.39 is 4.92 Å². The molecule has 8 heteroatoms. The van der Waals surface area contributed by atoms with E-state index >= 15 is 0 Å². The number of nitrogens with two attached hydrogens (primary N) is 1. The van der Waals surface area contributed by atoms with Crippen molar-refractivity contribution in [2.24, 2.45) is 0 Å². The minimum absolute atomic E-state index is 0.0509. The molecule has 2 N–H and O–H groups in total. The second kappa shape index (κ2) is 3.85. The molecule has 0 aromatic carbocycles. The second-order valence-corrected chi connectivity index (χ2v) is 2.76. The van der Waals surface area contributed by atoms with Gasteiger partial charge < -0.3 is 14.7 Å². The number of nitrogen functional groups attached to an aromatic ring is 1. The molecule has 0 fully saturated rings. The first-order chi connectivity index (χ1) is 7.65. The zero-order chi connectivity index (χ0) is 11.5. The maximum absolute atomic E-state index is 10.3. The third-order valence-corrected chi connectivity index (χ3v) is 1.65. The van der Waals surface area contributed by atoms with Gasteiger partial charge in [-0.3, -0.25) is 10.1 Å². The van der Waals surface area contributed by atoms with Gasteiger partial charge in [0.1, 0.15) is 10.7 Å². The molecule has 2 rings (SSSR count). The molecule has 0 atom stereocenters. The van der Waals surface area contributed by atoms with E-state index in [1.54, 1.807) is 0 Å². The number of hydrogen-bond acceptors (Lipinski definition) is 7. The summed E-state index contributed by atoms with van der Waals surface area (Å²) in [5.74, 6) is 0.249. The van der Waals surface area contributed by atoms with E-state index in [2.05, 4.69) is 14.7 Å². The molecule has 0 bridgehead atoms. The second-order valence-electron chi connectivity index (χ2n) is 2.76. The average Bonchev–Trinajstić information content (AvgIpc) is 2.83. The standard InChI is InChI=1S/C8H6N4O4/c9-8-10-6(11-16-8)3-1-5-2-4-7(15-5)12(13)14/h1-4H,(H2,9,10,11)/b3-1+.